The van der Waals surface area contributed by atoms with Crippen LogP contribution in [-0.2, 0) is 6.42 Å². The minimum atomic E-state index is -0.177. The molecule has 2 aromatic carbocycles. The average Bonchev–Trinajstić information content (AvgIpc) is 2.67. The van der Waals surface area contributed by atoms with E-state index in [2.05, 4.69) is 53.7 Å². The quantitative estimate of drug-likeness (QED) is 0.466. The topological polar surface area (TPSA) is 56.5 Å². The highest BCUT2D eigenvalue weighted by atomic mass is 79.9. The summed E-state index contributed by atoms with van der Waals surface area (Å²) >= 11 is 3.43. The van der Waals surface area contributed by atoms with Gasteiger partial charge in [0, 0.05) is 16.5 Å². The van der Waals surface area contributed by atoms with Crippen LogP contribution in [0.2, 0.25) is 0 Å². The Bertz CT molecular complexity index is 1100. The van der Waals surface area contributed by atoms with Crippen LogP contribution in [-0.4, -0.2) is 22.5 Å². The number of para-hydroxylation sites is 1. The van der Waals surface area contributed by atoms with E-state index in [1.165, 1.54) is 4.68 Å². The number of aryl methyl sites for hydroxylation is 1. The van der Waals surface area contributed by atoms with E-state index in [0.717, 1.165) is 22.2 Å². The Morgan fingerprint density at radius 2 is 1.97 bits per heavy atom. The summed E-state index contributed by atoms with van der Waals surface area (Å²) < 4.78 is 8.22. The second-order valence-electron chi connectivity index (χ2n) is 8.19. The van der Waals surface area contributed by atoms with Crippen molar-refractivity contribution in [2.24, 2.45) is 10.5 Å². The summed E-state index contributed by atoms with van der Waals surface area (Å²) in [6.45, 7) is 9.02. The van der Waals surface area contributed by atoms with Crippen LogP contribution in [0.5, 0.6) is 5.75 Å². The molecule has 0 unspecified atom stereocenters. The summed E-state index contributed by atoms with van der Waals surface area (Å²) in [4.78, 5) is 17.8. The van der Waals surface area contributed by atoms with Crippen LogP contribution >= 0.6 is 15.9 Å². The number of rotatable bonds is 6. The van der Waals surface area contributed by atoms with Crippen molar-refractivity contribution < 1.29 is 4.74 Å². The molecule has 0 aliphatic carbocycles. The molecule has 0 fully saturated rings. The molecule has 0 spiro atoms. The molecule has 0 bridgehead atoms. The molecular formula is C23H26BrN3O2. The van der Waals surface area contributed by atoms with E-state index in [0.29, 0.717) is 29.8 Å². The third kappa shape index (κ3) is 5.32. The molecule has 1 aromatic heterocycles. The Morgan fingerprint density at radius 3 is 2.69 bits per heavy atom. The molecular weight excluding hydrogens is 430 g/mol. The molecule has 0 radical (unpaired) electrons. The molecule has 5 nitrogen and oxygen atoms in total. The van der Waals surface area contributed by atoms with Gasteiger partial charge in [-0.3, -0.25) is 4.79 Å². The second-order valence-corrected chi connectivity index (χ2v) is 9.10. The predicted molar refractivity (Wildman–Crippen MR) is 122 cm³/mol. The maximum absolute atomic E-state index is 13.1. The lowest BCUT2D eigenvalue weighted by atomic mass is 9.99. The molecule has 29 heavy (non-hydrogen) atoms. The normalized spacial score (nSPS) is 12.0. The zero-order valence-corrected chi connectivity index (χ0v) is 18.9. The van der Waals surface area contributed by atoms with Crippen LogP contribution in [0.3, 0.4) is 0 Å². The third-order valence-electron chi connectivity index (χ3n) is 4.24. The van der Waals surface area contributed by atoms with Crippen molar-refractivity contribution in [3.05, 3.63) is 68.7 Å². The molecule has 0 aliphatic rings. The largest absolute Gasteiger partial charge is 0.492 e. The second kappa shape index (κ2) is 8.91. The lowest BCUT2D eigenvalue weighted by molar-refractivity contribution is 0.197. The highest BCUT2D eigenvalue weighted by molar-refractivity contribution is 9.10. The number of benzene rings is 2. The summed E-state index contributed by atoms with van der Waals surface area (Å²) in [5.74, 6) is 1.39. The molecule has 0 saturated carbocycles. The van der Waals surface area contributed by atoms with Crippen LogP contribution in [0.15, 0.2) is 56.8 Å². The number of hydrogen-bond donors (Lipinski definition) is 0. The summed E-state index contributed by atoms with van der Waals surface area (Å²) in [6.07, 6.45) is 3.21. The van der Waals surface area contributed by atoms with Gasteiger partial charge in [-0.2, -0.15) is 9.78 Å². The number of ether oxygens (including phenoxy) is 1. The fraction of sp³-hybridized carbons (Fsp3) is 0.348. The van der Waals surface area contributed by atoms with E-state index >= 15 is 0 Å². The van der Waals surface area contributed by atoms with E-state index in [9.17, 15) is 4.79 Å². The van der Waals surface area contributed by atoms with Gasteiger partial charge in [0.15, 0.2) is 0 Å². The van der Waals surface area contributed by atoms with Crippen molar-refractivity contribution in [1.29, 1.82) is 0 Å². The summed E-state index contributed by atoms with van der Waals surface area (Å²) in [6, 6.07) is 13.2. The van der Waals surface area contributed by atoms with Gasteiger partial charge in [0.05, 0.1) is 23.7 Å². The van der Waals surface area contributed by atoms with Crippen LogP contribution in [0, 0.1) is 5.41 Å². The molecule has 1 heterocycles. The molecule has 0 amide bonds. The molecule has 0 N–H and O–H groups in total. The Morgan fingerprint density at radius 1 is 1.21 bits per heavy atom. The Labute approximate surface area is 179 Å². The first-order valence-corrected chi connectivity index (χ1v) is 10.5. The van der Waals surface area contributed by atoms with Gasteiger partial charge in [-0.1, -0.05) is 55.8 Å². The molecule has 0 saturated heterocycles. The standard InChI is InChI=1S/C23H26BrN3O2/c1-5-8-21-26-19-12-11-17(24)13-18(19)22(28)27(21)25-14-16-9-6-7-10-20(16)29-15-23(2,3)4/h6-7,9-14H,5,8,15H2,1-4H3. The van der Waals surface area contributed by atoms with Gasteiger partial charge in [0.25, 0.3) is 5.56 Å². The van der Waals surface area contributed by atoms with Crippen LogP contribution < -0.4 is 10.3 Å². The summed E-state index contributed by atoms with van der Waals surface area (Å²) in [7, 11) is 0. The van der Waals surface area contributed by atoms with Gasteiger partial charge < -0.3 is 4.74 Å². The number of aromatic nitrogens is 2. The van der Waals surface area contributed by atoms with E-state index < -0.39 is 0 Å². The number of hydrogen-bond acceptors (Lipinski definition) is 4. The fourth-order valence-electron chi connectivity index (χ4n) is 2.83. The highest BCUT2D eigenvalue weighted by Crippen LogP contribution is 2.21. The minimum absolute atomic E-state index is 0.0468. The first-order chi connectivity index (χ1) is 13.8. The van der Waals surface area contributed by atoms with Gasteiger partial charge in [-0.05, 0) is 42.2 Å². The predicted octanol–water partition coefficient (Wildman–Crippen LogP) is 5.42. The molecule has 3 rings (SSSR count). The van der Waals surface area contributed by atoms with Crippen molar-refractivity contribution in [3.63, 3.8) is 0 Å². The monoisotopic (exact) mass is 455 g/mol. The lowest BCUT2D eigenvalue weighted by Crippen LogP contribution is -2.22. The van der Waals surface area contributed by atoms with E-state index in [-0.39, 0.29) is 11.0 Å². The van der Waals surface area contributed by atoms with Gasteiger partial charge in [0.1, 0.15) is 11.6 Å². The van der Waals surface area contributed by atoms with Crippen molar-refractivity contribution >= 4 is 33.0 Å². The summed E-state index contributed by atoms with van der Waals surface area (Å²) in [5, 5.41) is 5.04. The molecule has 3 aromatic rings. The number of nitrogens with zero attached hydrogens (tertiary/aromatic N) is 3. The van der Waals surface area contributed by atoms with Gasteiger partial charge >= 0.3 is 0 Å². The van der Waals surface area contributed by atoms with Gasteiger partial charge in [-0.15, -0.1) is 0 Å². The Balaban J connectivity index is 2.04. The van der Waals surface area contributed by atoms with E-state index in [1.54, 1.807) is 12.3 Å². The SMILES string of the molecule is CCCc1nc2ccc(Br)cc2c(=O)n1N=Cc1ccccc1OCC(C)(C)C. The maximum atomic E-state index is 13.1. The first kappa shape index (κ1) is 21.2. The van der Waals surface area contributed by atoms with Crippen molar-refractivity contribution in [1.82, 2.24) is 9.66 Å². The van der Waals surface area contributed by atoms with Crippen molar-refractivity contribution in [2.75, 3.05) is 6.61 Å². The zero-order valence-electron chi connectivity index (χ0n) is 17.3. The van der Waals surface area contributed by atoms with E-state index in [4.69, 9.17) is 4.74 Å². The molecule has 0 atom stereocenters. The lowest BCUT2D eigenvalue weighted by Gasteiger charge is -2.19. The van der Waals surface area contributed by atoms with Crippen molar-refractivity contribution in [3.8, 4) is 5.75 Å². The number of fused-ring (bicyclic) bond motifs is 1. The fourth-order valence-corrected chi connectivity index (χ4v) is 3.19. The van der Waals surface area contributed by atoms with E-state index in [1.807, 2.05) is 36.4 Å². The van der Waals surface area contributed by atoms with Gasteiger partial charge in [0.2, 0.25) is 0 Å². The van der Waals surface area contributed by atoms with Crippen LogP contribution in [0.1, 0.15) is 45.5 Å². The smallest absolute Gasteiger partial charge is 0.282 e. The minimum Gasteiger partial charge on any atom is -0.492 e. The first-order valence-electron chi connectivity index (χ1n) is 9.76. The maximum Gasteiger partial charge on any atom is 0.282 e. The third-order valence-corrected chi connectivity index (χ3v) is 4.73. The van der Waals surface area contributed by atoms with Crippen LogP contribution in [0.4, 0.5) is 0 Å². The molecule has 152 valence electrons. The van der Waals surface area contributed by atoms with Gasteiger partial charge in [-0.25, -0.2) is 4.98 Å². The molecule has 0 aliphatic heterocycles. The Kier molecular flexibility index (Phi) is 6.52. The summed E-state index contributed by atoms with van der Waals surface area (Å²) in [5.41, 5.74) is 1.37. The Hall–Kier alpha value is -2.47. The number of halogens is 1. The average molecular weight is 456 g/mol. The van der Waals surface area contributed by atoms with Crippen LogP contribution in [0.25, 0.3) is 10.9 Å². The highest BCUT2D eigenvalue weighted by Gasteiger charge is 2.13. The van der Waals surface area contributed by atoms with Crippen molar-refractivity contribution in [2.45, 2.75) is 40.5 Å². The zero-order chi connectivity index (χ0) is 21.0. The molecule has 6 heteroatoms.